The summed E-state index contributed by atoms with van der Waals surface area (Å²) in [6.07, 6.45) is 0. The molecule has 8 heteroatoms. The zero-order valence-corrected chi connectivity index (χ0v) is 16.6. The number of aromatic nitrogens is 2. The van der Waals surface area contributed by atoms with Gasteiger partial charge in [-0.25, -0.2) is 4.98 Å². The van der Waals surface area contributed by atoms with E-state index >= 15 is 0 Å². The molecule has 0 fully saturated rings. The van der Waals surface area contributed by atoms with Gasteiger partial charge in [0.25, 0.3) is 0 Å². The Morgan fingerprint density at radius 3 is 2.50 bits per heavy atom. The third kappa shape index (κ3) is 3.79. The Kier molecular flexibility index (Phi) is 5.40. The van der Waals surface area contributed by atoms with Crippen LogP contribution in [0, 0.1) is 11.3 Å². The smallest absolute Gasteiger partial charge is 0.222 e. The van der Waals surface area contributed by atoms with Crippen LogP contribution in [0.1, 0.15) is 11.1 Å². The van der Waals surface area contributed by atoms with Crippen LogP contribution < -0.4 is 16.2 Å². The third-order valence-corrected chi connectivity index (χ3v) is 4.60. The molecule has 2 aromatic carbocycles. The predicted molar refractivity (Wildman–Crippen MR) is 107 cm³/mol. The summed E-state index contributed by atoms with van der Waals surface area (Å²) in [5.41, 5.74) is 13.6. The fraction of sp³-hybridized carbons (Fsp3) is 0.0556. The first-order valence-electron chi connectivity index (χ1n) is 7.49. The molecule has 0 unspecified atom stereocenters. The molecular formula is C18H13Br2N5O. The predicted octanol–water partition coefficient (Wildman–Crippen LogP) is 4.28. The topological polar surface area (TPSA) is 111 Å². The number of hydrogen-bond donors (Lipinski definition) is 2. The normalized spacial score (nSPS) is 10.3. The number of nitrogens with two attached hydrogens (primary N) is 2. The minimum Gasteiger partial charge on any atom is -0.487 e. The average molecular weight is 475 g/mol. The quantitative estimate of drug-likeness (QED) is 0.583. The van der Waals surface area contributed by atoms with Gasteiger partial charge in [-0.05, 0) is 33.6 Å². The van der Waals surface area contributed by atoms with Crippen LogP contribution in [0.3, 0.4) is 0 Å². The van der Waals surface area contributed by atoms with Crippen LogP contribution in [0.15, 0.2) is 51.4 Å². The second-order valence-corrected chi connectivity index (χ2v) is 7.11. The van der Waals surface area contributed by atoms with Gasteiger partial charge in [0.05, 0.1) is 10.2 Å². The van der Waals surface area contributed by atoms with Gasteiger partial charge in [0.2, 0.25) is 5.95 Å². The van der Waals surface area contributed by atoms with E-state index < -0.39 is 0 Å². The summed E-state index contributed by atoms with van der Waals surface area (Å²) >= 11 is 6.96. The monoisotopic (exact) mass is 473 g/mol. The minimum absolute atomic E-state index is 0.0124. The van der Waals surface area contributed by atoms with E-state index in [9.17, 15) is 5.26 Å². The zero-order valence-electron chi connectivity index (χ0n) is 13.4. The Bertz CT molecular complexity index is 1000. The lowest BCUT2D eigenvalue weighted by Crippen LogP contribution is -2.06. The second-order valence-electron chi connectivity index (χ2n) is 5.34. The largest absolute Gasteiger partial charge is 0.487 e. The Hall–Kier alpha value is -2.63. The Morgan fingerprint density at radius 2 is 1.81 bits per heavy atom. The zero-order chi connectivity index (χ0) is 18.7. The Labute approximate surface area is 167 Å². The van der Waals surface area contributed by atoms with Gasteiger partial charge in [-0.2, -0.15) is 10.2 Å². The van der Waals surface area contributed by atoms with E-state index in [0.29, 0.717) is 28.1 Å². The van der Waals surface area contributed by atoms with E-state index in [1.807, 2.05) is 42.5 Å². The standard InChI is InChI=1S/C18H13Br2N5O/c19-11-6-12(15-13(8-21)17(22)25-18(23)24-15)16(14(20)7-11)26-9-10-4-2-1-3-5-10/h1-7H,9H2,(H4,22,23,24,25). The van der Waals surface area contributed by atoms with Crippen LogP contribution in [0.4, 0.5) is 11.8 Å². The molecule has 0 spiro atoms. The van der Waals surface area contributed by atoms with Crippen molar-refractivity contribution in [3.05, 3.63) is 62.5 Å². The maximum Gasteiger partial charge on any atom is 0.222 e. The van der Waals surface area contributed by atoms with Crippen LogP contribution in [0.5, 0.6) is 5.75 Å². The van der Waals surface area contributed by atoms with Crippen LogP contribution in [-0.2, 0) is 6.61 Å². The van der Waals surface area contributed by atoms with E-state index in [2.05, 4.69) is 41.8 Å². The van der Waals surface area contributed by atoms with Gasteiger partial charge in [-0.1, -0.05) is 46.3 Å². The van der Waals surface area contributed by atoms with Crippen molar-refractivity contribution in [1.82, 2.24) is 9.97 Å². The number of benzene rings is 2. The van der Waals surface area contributed by atoms with Crippen molar-refractivity contribution in [2.75, 3.05) is 11.5 Å². The van der Waals surface area contributed by atoms with Gasteiger partial charge in [-0.3, -0.25) is 0 Å². The minimum atomic E-state index is -0.0124. The first-order chi connectivity index (χ1) is 12.5. The summed E-state index contributed by atoms with van der Waals surface area (Å²) in [7, 11) is 0. The van der Waals surface area contributed by atoms with Gasteiger partial charge in [0, 0.05) is 10.0 Å². The number of nitrogens with zero attached hydrogens (tertiary/aromatic N) is 3. The summed E-state index contributed by atoms with van der Waals surface area (Å²) in [5, 5.41) is 9.47. The third-order valence-electron chi connectivity index (χ3n) is 3.56. The highest BCUT2D eigenvalue weighted by molar-refractivity contribution is 9.11. The molecule has 0 aliphatic heterocycles. The lowest BCUT2D eigenvalue weighted by atomic mass is 10.1. The van der Waals surface area contributed by atoms with Crippen molar-refractivity contribution in [3.63, 3.8) is 0 Å². The molecule has 4 N–H and O–H groups in total. The van der Waals surface area contributed by atoms with Gasteiger partial charge in [-0.15, -0.1) is 0 Å². The highest BCUT2D eigenvalue weighted by Crippen LogP contribution is 2.41. The fourth-order valence-electron chi connectivity index (χ4n) is 2.41. The SMILES string of the molecule is N#Cc1c(N)nc(N)nc1-c1cc(Br)cc(Br)c1OCc1ccccc1. The summed E-state index contributed by atoms with van der Waals surface area (Å²) < 4.78 is 7.51. The van der Waals surface area contributed by atoms with Crippen LogP contribution in [0.25, 0.3) is 11.3 Å². The fourth-order valence-corrected chi connectivity index (χ4v) is 3.75. The van der Waals surface area contributed by atoms with Crippen molar-refractivity contribution >= 4 is 43.6 Å². The molecule has 0 aliphatic carbocycles. The molecule has 3 rings (SSSR count). The van der Waals surface area contributed by atoms with Crippen molar-refractivity contribution < 1.29 is 4.74 Å². The number of nitriles is 1. The van der Waals surface area contributed by atoms with E-state index in [0.717, 1.165) is 10.0 Å². The number of ether oxygens (including phenoxy) is 1. The molecule has 130 valence electrons. The van der Waals surface area contributed by atoms with E-state index in [4.69, 9.17) is 16.2 Å². The maximum absolute atomic E-state index is 9.47. The molecule has 6 nitrogen and oxygen atoms in total. The molecule has 3 aromatic rings. The van der Waals surface area contributed by atoms with Crippen molar-refractivity contribution in [1.29, 1.82) is 5.26 Å². The lowest BCUT2D eigenvalue weighted by molar-refractivity contribution is 0.305. The van der Waals surface area contributed by atoms with Gasteiger partial charge < -0.3 is 16.2 Å². The number of nitrogen functional groups attached to an aromatic ring is 2. The molecule has 0 saturated carbocycles. The van der Waals surface area contributed by atoms with Crippen LogP contribution in [0.2, 0.25) is 0 Å². The number of rotatable bonds is 4. The highest BCUT2D eigenvalue weighted by Gasteiger charge is 2.20. The van der Waals surface area contributed by atoms with Gasteiger partial charge in [0.15, 0.2) is 0 Å². The van der Waals surface area contributed by atoms with Crippen molar-refractivity contribution in [3.8, 4) is 23.1 Å². The molecule has 0 bridgehead atoms. The lowest BCUT2D eigenvalue weighted by Gasteiger charge is -2.15. The van der Waals surface area contributed by atoms with Crippen molar-refractivity contribution in [2.24, 2.45) is 0 Å². The van der Waals surface area contributed by atoms with E-state index in [1.165, 1.54) is 0 Å². The maximum atomic E-state index is 9.47. The van der Waals surface area contributed by atoms with Crippen molar-refractivity contribution in [2.45, 2.75) is 6.61 Å². The molecule has 0 aliphatic rings. The molecule has 1 aromatic heterocycles. The first-order valence-corrected chi connectivity index (χ1v) is 9.07. The van der Waals surface area contributed by atoms with Gasteiger partial charge >= 0.3 is 0 Å². The number of hydrogen-bond acceptors (Lipinski definition) is 6. The molecule has 0 atom stereocenters. The molecule has 0 saturated heterocycles. The summed E-state index contributed by atoms with van der Waals surface area (Å²) in [5.74, 6) is 0.549. The molecule has 26 heavy (non-hydrogen) atoms. The summed E-state index contributed by atoms with van der Waals surface area (Å²) in [6, 6.07) is 15.4. The number of halogens is 2. The number of anilines is 2. The van der Waals surface area contributed by atoms with Gasteiger partial charge in [0.1, 0.15) is 29.8 Å². The van der Waals surface area contributed by atoms with E-state index in [1.54, 1.807) is 6.07 Å². The van der Waals surface area contributed by atoms with E-state index in [-0.39, 0.29) is 17.3 Å². The Morgan fingerprint density at radius 1 is 1.08 bits per heavy atom. The summed E-state index contributed by atoms with van der Waals surface area (Å²) in [4.78, 5) is 8.07. The Balaban J connectivity index is 2.12. The highest BCUT2D eigenvalue weighted by atomic mass is 79.9. The average Bonchev–Trinajstić information content (AvgIpc) is 2.60. The van der Waals surface area contributed by atoms with Crippen LogP contribution >= 0.6 is 31.9 Å². The molecule has 0 radical (unpaired) electrons. The summed E-state index contributed by atoms with van der Waals surface area (Å²) in [6.45, 7) is 0.353. The molecule has 0 amide bonds. The molecule has 1 heterocycles. The second kappa shape index (κ2) is 7.72. The first kappa shape index (κ1) is 18.2. The molecular weight excluding hydrogens is 462 g/mol. The van der Waals surface area contributed by atoms with Crippen LogP contribution in [-0.4, -0.2) is 9.97 Å².